The van der Waals surface area contributed by atoms with Crippen LogP contribution in [-0.4, -0.2) is 18.5 Å². The second-order valence-corrected chi connectivity index (χ2v) is 6.87. The summed E-state index contributed by atoms with van der Waals surface area (Å²) in [5, 5.41) is 3.24. The Bertz CT molecular complexity index is 279. The van der Waals surface area contributed by atoms with Crippen molar-refractivity contribution < 1.29 is 4.79 Å². The van der Waals surface area contributed by atoms with Gasteiger partial charge in [-0.05, 0) is 37.5 Å². The lowest BCUT2D eigenvalue weighted by Gasteiger charge is -2.30. The Morgan fingerprint density at radius 2 is 1.50 bits per heavy atom. The van der Waals surface area contributed by atoms with Gasteiger partial charge in [-0.3, -0.25) is 4.79 Å². The summed E-state index contributed by atoms with van der Waals surface area (Å²) in [5.41, 5.74) is 5.90. The van der Waals surface area contributed by atoms with E-state index < -0.39 is 0 Å². The van der Waals surface area contributed by atoms with E-state index in [1.807, 2.05) is 0 Å². The smallest absolute Gasteiger partial charge is 0.220 e. The first-order valence-electron chi connectivity index (χ1n) is 8.79. The van der Waals surface area contributed by atoms with E-state index in [-0.39, 0.29) is 11.9 Å². The number of amides is 1. The van der Waals surface area contributed by atoms with Crippen molar-refractivity contribution in [2.75, 3.05) is 6.54 Å². The SMILES string of the molecule is NCC(NC(=O)CC1CCCCCC1)C1CCCCC1. The van der Waals surface area contributed by atoms with Crippen molar-refractivity contribution in [3.8, 4) is 0 Å². The van der Waals surface area contributed by atoms with Crippen molar-refractivity contribution in [3.63, 3.8) is 0 Å². The molecular weight excluding hydrogens is 248 g/mol. The molecule has 2 fully saturated rings. The van der Waals surface area contributed by atoms with Crippen LogP contribution in [0.4, 0.5) is 0 Å². The van der Waals surface area contributed by atoms with Gasteiger partial charge < -0.3 is 11.1 Å². The van der Waals surface area contributed by atoms with E-state index in [0.29, 0.717) is 18.4 Å². The summed E-state index contributed by atoms with van der Waals surface area (Å²) in [6.45, 7) is 0.598. The predicted octanol–water partition coefficient (Wildman–Crippen LogP) is 3.37. The highest BCUT2D eigenvalue weighted by Gasteiger charge is 2.25. The Morgan fingerprint density at radius 1 is 0.950 bits per heavy atom. The number of hydrogen-bond acceptors (Lipinski definition) is 2. The van der Waals surface area contributed by atoms with Gasteiger partial charge in [0.05, 0.1) is 0 Å². The fourth-order valence-electron chi connectivity index (χ4n) is 4.00. The molecule has 1 unspecified atom stereocenters. The van der Waals surface area contributed by atoms with Crippen LogP contribution in [0.1, 0.15) is 77.0 Å². The van der Waals surface area contributed by atoms with Gasteiger partial charge in [-0.2, -0.15) is 0 Å². The van der Waals surface area contributed by atoms with Crippen LogP contribution in [0.2, 0.25) is 0 Å². The molecule has 0 radical (unpaired) electrons. The zero-order chi connectivity index (χ0) is 14.2. The average Bonchev–Trinajstić information content (AvgIpc) is 2.74. The van der Waals surface area contributed by atoms with E-state index >= 15 is 0 Å². The van der Waals surface area contributed by atoms with Crippen LogP contribution in [0, 0.1) is 11.8 Å². The van der Waals surface area contributed by atoms with Gasteiger partial charge in [0.2, 0.25) is 5.91 Å². The van der Waals surface area contributed by atoms with Crippen molar-refractivity contribution in [1.82, 2.24) is 5.32 Å². The van der Waals surface area contributed by atoms with Gasteiger partial charge in [0, 0.05) is 19.0 Å². The van der Waals surface area contributed by atoms with Crippen LogP contribution in [0.3, 0.4) is 0 Å². The summed E-state index contributed by atoms with van der Waals surface area (Å²) in [4.78, 5) is 12.3. The quantitative estimate of drug-likeness (QED) is 0.759. The molecule has 0 heterocycles. The van der Waals surface area contributed by atoms with Crippen LogP contribution in [0.25, 0.3) is 0 Å². The summed E-state index contributed by atoms with van der Waals surface area (Å²) in [6, 6.07) is 0.216. The standard InChI is InChI=1S/C17H32N2O/c18-13-16(15-10-6-3-7-11-15)19-17(20)12-14-8-4-1-2-5-9-14/h14-16H,1-13,18H2,(H,19,20). The summed E-state index contributed by atoms with van der Waals surface area (Å²) < 4.78 is 0. The highest BCUT2D eigenvalue weighted by atomic mass is 16.1. The molecule has 116 valence electrons. The molecule has 3 heteroatoms. The van der Waals surface area contributed by atoms with Crippen LogP contribution in [0.15, 0.2) is 0 Å². The topological polar surface area (TPSA) is 55.1 Å². The summed E-state index contributed by atoms with van der Waals surface area (Å²) in [6.07, 6.45) is 15.0. The minimum Gasteiger partial charge on any atom is -0.352 e. The average molecular weight is 280 g/mol. The third-order valence-electron chi connectivity index (χ3n) is 5.27. The highest BCUT2D eigenvalue weighted by Crippen LogP contribution is 2.27. The van der Waals surface area contributed by atoms with Crippen LogP contribution < -0.4 is 11.1 Å². The van der Waals surface area contributed by atoms with Gasteiger partial charge >= 0.3 is 0 Å². The van der Waals surface area contributed by atoms with Gasteiger partial charge in [0.25, 0.3) is 0 Å². The Balaban J connectivity index is 1.75. The fourth-order valence-corrected chi connectivity index (χ4v) is 4.00. The first-order valence-corrected chi connectivity index (χ1v) is 8.79. The number of hydrogen-bond donors (Lipinski definition) is 2. The van der Waals surface area contributed by atoms with Crippen molar-refractivity contribution in [2.45, 2.75) is 83.1 Å². The normalized spacial score (nSPS) is 24.1. The number of rotatable bonds is 5. The van der Waals surface area contributed by atoms with Gasteiger partial charge in [0.1, 0.15) is 0 Å². The molecule has 0 aromatic heterocycles. The molecule has 0 aliphatic heterocycles. The van der Waals surface area contributed by atoms with E-state index in [9.17, 15) is 4.79 Å². The molecular formula is C17H32N2O. The van der Waals surface area contributed by atoms with Gasteiger partial charge in [0.15, 0.2) is 0 Å². The van der Waals surface area contributed by atoms with Gasteiger partial charge in [-0.15, -0.1) is 0 Å². The van der Waals surface area contributed by atoms with Crippen molar-refractivity contribution in [2.24, 2.45) is 17.6 Å². The Labute approximate surface area is 124 Å². The number of nitrogens with two attached hydrogens (primary N) is 1. The van der Waals surface area contributed by atoms with E-state index in [4.69, 9.17) is 5.73 Å². The van der Waals surface area contributed by atoms with E-state index in [2.05, 4.69) is 5.32 Å². The van der Waals surface area contributed by atoms with E-state index in [1.54, 1.807) is 0 Å². The molecule has 2 saturated carbocycles. The second-order valence-electron chi connectivity index (χ2n) is 6.87. The third-order valence-corrected chi connectivity index (χ3v) is 5.27. The first kappa shape index (κ1) is 15.8. The highest BCUT2D eigenvalue weighted by molar-refractivity contribution is 5.76. The third kappa shape index (κ3) is 5.08. The van der Waals surface area contributed by atoms with E-state index in [0.717, 1.165) is 6.42 Å². The van der Waals surface area contributed by atoms with E-state index in [1.165, 1.54) is 70.6 Å². The number of nitrogens with one attached hydrogen (secondary N) is 1. The molecule has 3 N–H and O–H groups in total. The van der Waals surface area contributed by atoms with Crippen LogP contribution in [0.5, 0.6) is 0 Å². The first-order chi connectivity index (χ1) is 9.79. The van der Waals surface area contributed by atoms with Crippen molar-refractivity contribution in [1.29, 1.82) is 0 Å². The minimum absolute atomic E-state index is 0.216. The molecule has 1 amide bonds. The second kappa shape index (κ2) is 8.66. The number of carbonyl (C=O) groups excluding carboxylic acids is 1. The Hall–Kier alpha value is -0.570. The van der Waals surface area contributed by atoms with Crippen LogP contribution >= 0.6 is 0 Å². The molecule has 2 aliphatic rings. The molecule has 0 aromatic carbocycles. The largest absolute Gasteiger partial charge is 0.352 e. The monoisotopic (exact) mass is 280 g/mol. The minimum atomic E-state index is 0.216. The van der Waals surface area contributed by atoms with Gasteiger partial charge in [-0.25, -0.2) is 0 Å². The zero-order valence-electron chi connectivity index (χ0n) is 12.9. The Kier molecular flexibility index (Phi) is 6.85. The molecule has 0 bridgehead atoms. The van der Waals surface area contributed by atoms with Crippen molar-refractivity contribution in [3.05, 3.63) is 0 Å². The van der Waals surface area contributed by atoms with Crippen molar-refractivity contribution >= 4 is 5.91 Å². The molecule has 0 saturated heterocycles. The summed E-state index contributed by atoms with van der Waals surface area (Å²) >= 11 is 0. The maximum atomic E-state index is 12.3. The molecule has 2 rings (SSSR count). The summed E-state index contributed by atoms with van der Waals surface area (Å²) in [5.74, 6) is 1.48. The maximum Gasteiger partial charge on any atom is 0.220 e. The maximum absolute atomic E-state index is 12.3. The lowest BCUT2D eigenvalue weighted by atomic mass is 9.83. The molecule has 1 atom stereocenters. The fraction of sp³-hybridized carbons (Fsp3) is 0.941. The molecule has 3 nitrogen and oxygen atoms in total. The summed E-state index contributed by atoms with van der Waals surface area (Å²) in [7, 11) is 0. The van der Waals surface area contributed by atoms with Gasteiger partial charge in [-0.1, -0.05) is 44.9 Å². The number of carbonyl (C=O) groups is 1. The lowest BCUT2D eigenvalue weighted by molar-refractivity contribution is -0.123. The molecule has 0 aromatic rings. The lowest BCUT2D eigenvalue weighted by Crippen LogP contribution is -2.46. The van der Waals surface area contributed by atoms with Crippen LogP contribution in [-0.2, 0) is 4.79 Å². The molecule has 0 spiro atoms. The zero-order valence-corrected chi connectivity index (χ0v) is 12.9. The molecule has 2 aliphatic carbocycles. The Morgan fingerprint density at radius 3 is 2.10 bits per heavy atom. The predicted molar refractivity (Wildman–Crippen MR) is 83.4 cm³/mol. The molecule has 20 heavy (non-hydrogen) atoms.